The van der Waals surface area contributed by atoms with Crippen molar-refractivity contribution in [3.8, 4) is 11.1 Å². The fourth-order valence-electron chi connectivity index (χ4n) is 3.74. The molecule has 2 aromatic rings. The van der Waals surface area contributed by atoms with Crippen LogP contribution in [0.15, 0.2) is 54.6 Å². The van der Waals surface area contributed by atoms with E-state index in [9.17, 15) is 9.59 Å². The standard InChI is InChI=1S/C24H30N2O2.ClH/c1-2-25-18-19-14-16-26(17-15-19)24(28)13-12-23(27)22-10-8-21(9-11-22)20-6-4-3-5-7-20;/h3-11,19,25H,2,12-18H2,1H3;1H. The minimum atomic E-state index is 0. The Morgan fingerprint density at radius 3 is 2.17 bits per heavy atom. The van der Waals surface area contributed by atoms with Crippen molar-refractivity contribution in [3.05, 3.63) is 60.2 Å². The summed E-state index contributed by atoms with van der Waals surface area (Å²) in [4.78, 5) is 26.8. The summed E-state index contributed by atoms with van der Waals surface area (Å²) in [5.41, 5.74) is 2.90. The van der Waals surface area contributed by atoms with Gasteiger partial charge in [-0.1, -0.05) is 61.5 Å². The van der Waals surface area contributed by atoms with E-state index in [0.29, 0.717) is 17.9 Å². The molecule has 0 aliphatic carbocycles. The molecule has 1 heterocycles. The first-order chi connectivity index (χ1) is 13.7. The Hall–Kier alpha value is -2.17. The highest BCUT2D eigenvalue weighted by molar-refractivity contribution is 5.98. The minimum absolute atomic E-state index is 0. The van der Waals surface area contributed by atoms with Crippen LogP contribution in [-0.4, -0.2) is 42.8 Å². The van der Waals surface area contributed by atoms with Gasteiger partial charge in [-0.2, -0.15) is 0 Å². The van der Waals surface area contributed by atoms with E-state index in [0.717, 1.165) is 50.1 Å². The summed E-state index contributed by atoms with van der Waals surface area (Å²) in [6.45, 7) is 5.78. The van der Waals surface area contributed by atoms with Crippen LogP contribution in [0.2, 0.25) is 0 Å². The molecule has 1 amide bonds. The number of nitrogens with one attached hydrogen (secondary N) is 1. The molecule has 1 aliphatic rings. The summed E-state index contributed by atoms with van der Waals surface area (Å²) < 4.78 is 0. The lowest BCUT2D eigenvalue weighted by Crippen LogP contribution is -2.40. The predicted molar refractivity (Wildman–Crippen MR) is 121 cm³/mol. The number of nitrogens with zero attached hydrogens (tertiary/aromatic N) is 1. The summed E-state index contributed by atoms with van der Waals surface area (Å²) >= 11 is 0. The number of benzene rings is 2. The van der Waals surface area contributed by atoms with Gasteiger partial charge in [0.15, 0.2) is 5.78 Å². The monoisotopic (exact) mass is 414 g/mol. The fraction of sp³-hybridized carbons (Fsp3) is 0.417. The van der Waals surface area contributed by atoms with Crippen LogP contribution in [0.4, 0.5) is 0 Å². The van der Waals surface area contributed by atoms with Crippen molar-refractivity contribution < 1.29 is 9.59 Å². The number of likely N-dealkylation sites (tertiary alicyclic amines) is 1. The molecule has 1 N–H and O–H groups in total. The number of carbonyl (C=O) groups is 2. The van der Waals surface area contributed by atoms with E-state index in [4.69, 9.17) is 0 Å². The van der Waals surface area contributed by atoms with Gasteiger partial charge in [-0.3, -0.25) is 9.59 Å². The molecule has 29 heavy (non-hydrogen) atoms. The lowest BCUT2D eigenvalue weighted by atomic mass is 9.96. The third-order valence-corrected chi connectivity index (χ3v) is 5.53. The van der Waals surface area contributed by atoms with E-state index in [1.165, 1.54) is 0 Å². The van der Waals surface area contributed by atoms with Gasteiger partial charge in [0.2, 0.25) is 5.91 Å². The van der Waals surface area contributed by atoms with Crippen LogP contribution in [0.1, 0.15) is 43.0 Å². The van der Waals surface area contributed by atoms with E-state index in [-0.39, 0.29) is 30.5 Å². The highest BCUT2D eigenvalue weighted by atomic mass is 35.5. The molecule has 156 valence electrons. The van der Waals surface area contributed by atoms with E-state index in [1.807, 2.05) is 47.4 Å². The Balaban J connectivity index is 0.00000300. The normalized spacial score (nSPS) is 14.3. The number of hydrogen-bond donors (Lipinski definition) is 1. The maximum atomic E-state index is 12.5. The molecule has 0 spiro atoms. The van der Waals surface area contributed by atoms with Crippen molar-refractivity contribution in [2.24, 2.45) is 5.92 Å². The molecule has 0 bridgehead atoms. The first-order valence-corrected chi connectivity index (χ1v) is 10.3. The third kappa shape index (κ3) is 6.69. The average molecular weight is 415 g/mol. The maximum absolute atomic E-state index is 12.5. The highest BCUT2D eigenvalue weighted by Gasteiger charge is 2.22. The van der Waals surface area contributed by atoms with Crippen LogP contribution in [0.25, 0.3) is 11.1 Å². The second-order valence-electron chi connectivity index (χ2n) is 7.50. The molecule has 1 aliphatic heterocycles. The predicted octanol–water partition coefficient (Wildman–Crippen LogP) is 4.59. The van der Waals surface area contributed by atoms with Crippen molar-refractivity contribution in [1.82, 2.24) is 10.2 Å². The lowest BCUT2D eigenvalue weighted by Gasteiger charge is -2.32. The van der Waals surface area contributed by atoms with Crippen LogP contribution in [0, 0.1) is 5.92 Å². The van der Waals surface area contributed by atoms with Crippen molar-refractivity contribution >= 4 is 24.1 Å². The van der Waals surface area contributed by atoms with E-state index in [1.54, 1.807) is 0 Å². The zero-order chi connectivity index (χ0) is 19.8. The topological polar surface area (TPSA) is 49.4 Å². The Bertz CT molecular complexity index is 769. The number of rotatable bonds is 8. The summed E-state index contributed by atoms with van der Waals surface area (Å²) in [6, 6.07) is 17.8. The highest BCUT2D eigenvalue weighted by Crippen LogP contribution is 2.21. The number of Topliss-reactive ketones (excluding diaryl/α,β-unsaturated/α-hetero) is 1. The van der Waals surface area contributed by atoms with Crippen molar-refractivity contribution in [1.29, 1.82) is 0 Å². The first-order valence-electron chi connectivity index (χ1n) is 10.3. The molecule has 0 atom stereocenters. The summed E-state index contributed by atoms with van der Waals surface area (Å²) in [5, 5.41) is 3.39. The van der Waals surface area contributed by atoms with Crippen LogP contribution >= 0.6 is 12.4 Å². The Morgan fingerprint density at radius 1 is 0.931 bits per heavy atom. The molecule has 5 heteroatoms. The van der Waals surface area contributed by atoms with E-state index in [2.05, 4.69) is 24.4 Å². The average Bonchev–Trinajstić information content (AvgIpc) is 2.77. The minimum Gasteiger partial charge on any atom is -0.343 e. The van der Waals surface area contributed by atoms with Crippen LogP contribution in [0.5, 0.6) is 0 Å². The lowest BCUT2D eigenvalue weighted by molar-refractivity contribution is -0.132. The van der Waals surface area contributed by atoms with E-state index < -0.39 is 0 Å². The largest absolute Gasteiger partial charge is 0.343 e. The molecule has 0 saturated carbocycles. The molecule has 0 aromatic heterocycles. The van der Waals surface area contributed by atoms with Crippen LogP contribution in [-0.2, 0) is 4.79 Å². The number of piperidine rings is 1. The van der Waals surface area contributed by atoms with Crippen molar-refractivity contribution in [2.45, 2.75) is 32.6 Å². The Morgan fingerprint density at radius 2 is 1.55 bits per heavy atom. The van der Waals surface area contributed by atoms with Gasteiger partial charge >= 0.3 is 0 Å². The Kier molecular flexibility index (Phi) is 9.36. The van der Waals surface area contributed by atoms with Crippen molar-refractivity contribution in [2.75, 3.05) is 26.2 Å². The zero-order valence-electron chi connectivity index (χ0n) is 17.1. The van der Waals surface area contributed by atoms with Crippen LogP contribution < -0.4 is 5.32 Å². The van der Waals surface area contributed by atoms with Gasteiger partial charge in [0, 0.05) is 31.5 Å². The van der Waals surface area contributed by atoms with Gasteiger partial charge in [-0.05, 0) is 43.0 Å². The number of amides is 1. The summed E-state index contributed by atoms with van der Waals surface area (Å²) in [6.07, 6.45) is 2.68. The van der Waals surface area contributed by atoms with Crippen molar-refractivity contribution in [3.63, 3.8) is 0 Å². The molecular weight excluding hydrogens is 384 g/mol. The fourth-order valence-corrected chi connectivity index (χ4v) is 3.74. The van der Waals surface area contributed by atoms with Crippen LogP contribution in [0.3, 0.4) is 0 Å². The second-order valence-corrected chi connectivity index (χ2v) is 7.50. The van der Waals surface area contributed by atoms with Gasteiger partial charge in [0.25, 0.3) is 0 Å². The number of hydrogen-bond acceptors (Lipinski definition) is 3. The quantitative estimate of drug-likeness (QED) is 0.643. The smallest absolute Gasteiger partial charge is 0.223 e. The molecule has 1 fully saturated rings. The van der Waals surface area contributed by atoms with Gasteiger partial charge in [0.1, 0.15) is 0 Å². The molecule has 4 nitrogen and oxygen atoms in total. The molecule has 2 aromatic carbocycles. The van der Waals surface area contributed by atoms with Gasteiger partial charge in [-0.15, -0.1) is 12.4 Å². The van der Waals surface area contributed by atoms with Gasteiger partial charge in [-0.25, -0.2) is 0 Å². The molecule has 0 unspecified atom stereocenters. The molecule has 3 rings (SSSR count). The number of halogens is 1. The van der Waals surface area contributed by atoms with E-state index >= 15 is 0 Å². The summed E-state index contributed by atoms with van der Waals surface area (Å²) in [7, 11) is 0. The molecule has 0 radical (unpaired) electrons. The number of carbonyl (C=O) groups excluding carboxylic acids is 2. The van der Waals surface area contributed by atoms with Gasteiger partial charge in [0.05, 0.1) is 0 Å². The summed E-state index contributed by atoms with van der Waals surface area (Å²) in [5.74, 6) is 0.805. The molecular formula is C24H31ClN2O2. The first kappa shape index (κ1) is 23.1. The Labute approximate surface area is 180 Å². The van der Waals surface area contributed by atoms with Gasteiger partial charge < -0.3 is 10.2 Å². The second kappa shape index (κ2) is 11.7. The maximum Gasteiger partial charge on any atom is 0.223 e. The zero-order valence-corrected chi connectivity index (χ0v) is 17.9. The molecule has 1 saturated heterocycles. The number of ketones is 1. The SMILES string of the molecule is CCNCC1CCN(C(=O)CCC(=O)c2ccc(-c3ccccc3)cc2)CC1.Cl. The third-order valence-electron chi connectivity index (χ3n) is 5.53.